The number of hydrogen-bond acceptors (Lipinski definition) is 2. The maximum absolute atomic E-state index is 3.96. The second kappa shape index (κ2) is 14.9. The molecule has 154 valence electrons. The highest BCUT2D eigenvalue weighted by Crippen LogP contribution is 2.25. The van der Waals surface area contributed by atoms with Crippen molar-refractivity contribution in [2.45, 2.75) is 57.8 Å². The number of allylic oxidation sites excluding steroid dienone is 5. The molecule has 28 heavy (non-hydrogen) atoms. The van der Waals surface area contributed by atoms with Crippen molar-refractivity contribution in [1.82, 2.24) is 10.6 Å². The quantitative estimate of drug-likeness (QED) is 0.368. The second-order valence-electron chi connectivity index (χ2n) is 7.36. The summed E-state index contributed by atoms with van der Waals surface area (Å²) in [6, 6.07) is 9.34. The minimum Gasteiger partial charge on any atom is -0.392 e. The molecule has 0 bridgehead atoms. The topological polar surface area (TPSA) is 24.1 Å². The first kappa shape index (κ1) is 24.0. The molecular weight excluding hydrogens is 340 g/mol. The summed E-state index contributed by atoms with van der Waals surface area (Å²) in [5.41, 5.74) is 5.38. The average molecular weight is 381 g/mol. The molecule has 1 fully saturated rings. The van der Waals surface area contributed by atoms with Crippen molar-refractivity contribution in [2.75, 3.05) is 20.1 Å². The van der Waals surface area contributed by atoms with Gasteiger partial charge in [-0.2, -0.15) is 0 Å². The van der Waals surface area contributed by atoms with Gasteiger partial charge in [-0.25, -0.2) is 0 Å². The third-order valence-corrected chi connectivity index (χ3v) is 5.34. The minimum atomic E-state index is 0.768. The van der Waals surface area contributed by atoms with Crippen LogP contribution in [0.3, 0.4) is 0 Å². The number of nitrogens with one attached hydrogen (secondary N) is 2. The van der Waals surface area contributed by atoms with Crippen LogP contribution < -0.4 is 10.6 Å². The summed E-state index contributed by atoms with van der Waals surface area (Å²) in [6.07, 6.45) is 13.9. The summed E-state index contributed by atoms with van der Waals surface area (Å²) in [5.74, 6) is 0.768. The number of rotatable bonds is 10. The maximum atomic E-state index is 3.96. The van der Waals surface area contributed by atoms with Crippen molar-refractivity contribution in [3.05, 3.63) is 84.6 Å². The fraction of sp³-hybridized carbons (Fsp3) is 0.462. The van der Waals surface area contributed by atoms with Crippen LogP contribution in [0, 0.1) is 0 Å². The van der Waals surface area contributed by atoms with Crippen LogP contribution >= 0.6 is 0 Å². The van der Waals surface area contributed by atoms with Crippen molar-refractivity contribution in [2.24, 2.45) is 0 Å². The molecule has 1 saturated heterocycles. The van der Waals surface area contributed by atoms with Crippen LogP contribution in [0.5, 0.6) is 0 Å². The van der Waals surface area contributed by atoms with E-state index in [1.165, 1.54) is 61.9 Å². The van der Waals surface area contributed by atoms with Crippen LogP contribution in [0.4, 0.5) is 0 Å². The van der Waals surface area contributed by atoms with Gasteiger partial charge in [-0.3, -0.25) is 0 Å². The Kier molecular flexibility index (Phi) is 12.8. The Morgan fingerprint density at radius 1 is 1.14 bits per heavy atom. The van der Waals surface area contributed by atoms with E-state index in [1.807, 2.05) is 19.2 Å². The Morgan fingerprint density at radius 2 is 1.82 bits per heavy atom. The molecule has 0 radical (unpaired) electrons. The standard InChI is InChI=1S/C18H28N2.C8H12/c1-15(19-2)5-3-4-6-16-7-9-17(10-8-16)18-11-13-20-14-12-18;1-4-7-8(5-2)6-3/h7-10,18-20H,1,3-6,11-14H2,2H3;4-5,7H,1-2,6H2,3H3/b;8-7+. The molecule has 2 nitrogen and oxygen atoms in total. The molecule has 0 amide bonds. The highest BCUT2D eigenvalue weighted by molar-refractivity contribution is 5.26. The Hall–Kier alpha value is -2.06. The van der Waals surface area contributed by atoms with E-state index in [0.717, 1.165) is 24.5 Å². The number of piperidine rings is 1. The first-order valence-electron chi connectivity index (χ1n) is 10.7. The van der Waals surface area contributed by atoms with Gasteiger partial charge >= 0.3 is 0 Å². The first-order valence-corrected chi connectivity index (χ1v) is 10.7. The number of benzene rings is 1. The zero-order chi connectivity index (χ0) is 20.6. The summed E-state index contributed by atoms with van der Waals surface area (Å²) in [4.78, 5) is 0. The lowest BCUT2D eigenvalue weighted by Gasteiger charge is -2.23. The highest BCUT2D eigenvalue weighted by atomic mass is 14.9. The Morgan fingerprint density at radius 3 is 2.32 bits per heavy atom. The van der Waals surface area contributed by atoms with E-state index in [4.69, 9.17) is 0 Å². The molecule has 1 aliphatic rings. The number of unbranched alkanes of at least 4 members (excludes halogenated alkanes) is 1. The highest BCUT2D eigenvalue weighted by Gasteiger charge is 2.14. The molecule has 1 aliphatic heterocycles. The van der Waals surface area contributed by atoms with Gasteiger partial charge in [0.05, 0.1) is 0 Å². The van der Waals surface area contributed by atoms with E-state index in [-0.39, 0.29) is 0 Å². The minimum absolute atomic E-state index is 0.768. The van der Waals surface area contributed by atoms with E-state index in [9.17, 15) is 0 Å². The Bertz CT molecular complexity index is 604. The van der Waals surface area contributed by atoms with Crippen LogP contribution in [-0.2, 0) is 6.42 Å². The molecule has 1 aromatic carbocycles. The van der Waals surface area contributed by atoms with Gasteiger partial charge in [0, 0.05) is 12.7 Å². The van der Waals surface area contributed by atoms with E-state index < -0.39 is 0 Å². The molecule has 0 spiro atoms. The molecular formula is C26H40N2. The van der Waals surface area contributed by atoms with Gasteiger partial charge in [0.1, 0.15) is 0 Å². The smallest absolute Gasteiger partial charge is 0.00310 e. The van der Waals surface area contributed by atoms with E-state index in [2.05, 4.69) is 61.6 Å². The van der Waals surface area contributed by atoms with Gasteiger partial charge < -0.3 is 10.6 Å². The van der Waals surface area contributed by atoms with Crippen molar-refractivity contribution in [1.29, 1.82) is 0 Å². The summed E-state index contributed by atoms with van der Waals surface area (Å²) in [7, 11) is 1.95. The fourth-order valence-corrected chi connectivity index (χ4v) is 3.39. The van der Waals surface area contributed by atoms with Crippen LogP contribution in [-0.4, -0.2) is 20.1 Å². The third kappa shape index (κ3) is 9.75. The summed E-state index contributed by atoms with van der Waals surface area (Å²) >= 11 is 0. The molecule has 0 saturated carbocycles. The monoisotopic (exact) mass is 380 g/mol. The van der Waals surface area contributed by atoms with Gasteiger partial charge in [-0.1, -0.05) is 69.2 Å². The normalized spacial score (nSPS) is 14.6. The Labute approximate surface area is 173 Å². The maximum Gasteiger partial charge on any atom is 0.00310 e. The van der Waals surface area contributed by atoms with Gasteiger partial charge in [-0.05, 0) is 80.7 Å². The van der Waals surface area contributed by atoms with Crippen LogP contribution in [0.1, 0.15) is 62.5 Å². The van der Waals surface area contributed by atoms with Crippen molar-refractivity contribution >= 4 is 0 Å². The lowest BCUT2D eigenvalue weighted by Crippen LogP contribution is -2.26. The van der Waals surface area contributed by atoms with E-state index in [1.54, 1.807) is 6.08 Å². The predicted molar refractivity (Wildman–Crippen MR) is 126 cm³/mol. The molecule has 1 heterocycles. The lowest BCUT2D eigenvalue weighted by atomic mass is 9.89. The summed E-state index contributed by atoms with van der Waals surface area (Å²) in [5, 5.41) is 6.54. The number of hydrogen-bond donors (Lipinski definition) is 2. The molecule has 0 aliphatic carbocycles. The molecule has 2 rings (SSSR count). The molecule has 0 aromatic heterocycles. The van der Waals surface area contributed by atoms with Gasteiger partial charge in [0.2, 0.25) is 0 Å². The lowest BCUT2D eigenvalue weighted by molar-refractivity contribution is 0.460. The van der Waals surface area contributed by atoms with E-state index in [0.29, 0.717) is 0 Å². The molecule has 2 heteroatoms. The predicted octanol–water partition coefficient (Wildman–Crippen LogP) is 6.29. The molecule has 0 atom stereocenters. The van der Waals surface area contributed by atoms with Gasteiger partial charge in [-0.15, -0.1) is 0 Å². The third-order valence-electron chi connectivity index (χ3n) is 5.34. The summed E-state index contributed by atoms with van der Waals surface area (Å²) < 4.78 is 0. The van der Waals surface area contributed by atoms with Gasteiger partial charge in [0.25, 0.3) is 0 Å². The zero-order valence-electron chi connectivity index (χ0n) is 18.1. The fourth-order valence-electron chi connectivity index (χ4n) is 3.39. The molecule has 1 aromatic rings. The first-order chi connectivity index (χ1) is 13.6. The second-order valence-corrected chi connectivity index (χ2v) is 7.36. The number of aryl methyl sites for hydroxylation is 1. The van der Waals surface area contributed by atoms with Crippen molar-refractivity contribution in [3.63, 3.8) is 0 Å². The molecule has 0 unspecified atom stereocenters. The van der Waals surface area contributed by atoms with Crippen LogP contribution in [0.2, 0.25) is 0 Å². The van der Waals surface area contributed by atoms with Crippen molar-refractivity contribution in [3.8, 4) is 0 Å². The van der Waals surface area contributed by atoms with E-state index >= 15 is 0 Å². The average Bonchev–Trinajstić information content (AvgIpc) is 2.76. The Balaban J connectivity index is 0.000000416. The largest absolute Gasteiger partial charge is 0.392 e. The van der Waals surface area contributed by atoms with Crippen LogP contribution in [0.25, 0.3) is 0 Å². The van der Waals surface area contributed by atoms with Crippen LogP contribution in [0.15, 0.2) is 73.5 Å². The zero-order valence-corrected chi connectivity index (χ0v) is 18.1. The van der Waals surface area contributed by atoms with Crippen molar-refractivity contribution < 1.29 is 0 Å². The SMILES string of the molecule is C=C(CCCCc1ccc(C2CCNCC2)cc1)NC.C=C/C=C(\C=C)CC. The molecule has 2 N–H and O–H groups in total. The van der Waals surface area contributed by atoms with Gasteiger partial charge in [0.15, 0.2) is 0 Å². The summed E-state index contributed by atoms with van der Waals surface area (Å²) in [6.45, 7) is 15.6.